The number of pyridine rings is 1. The Morgan fingerprint density at radius 1 is 1.57 bits per heavy atom. The van der Waals surface area contributed by atoms with Crippen LogP contribution in [0.1, 0.15) is 12.5 Å². The predicted octanol–water partition coefficient (Wildman–Crippen LogP) is 0.944. The molecule has 1 aromatic rings. The van der Waals surface area contributed by atoms with Crippen molar-refractivity contribution in [3.8, 4) is 0 Å². The number of esters is 1. The van der Waals surface area contributed by atoms with E-state index in [4.69, 9.17) is 10.5 Å². The molecule has 0 aliphatic carbocycles. The Morgan fingerprint density at radius 2 is 2.21 bits per heavy atom. The third-order valence-electron chi connectivity index (χ3n) is 1.57. The number of aromatic nitrogens is 1. The van der Waals surface area contributed by atoms with E-state index in [1.54, 1.807) is 31.5 Å². The van der Waals surface area contributed by atoms with Crippen LogP contribution in [0, 0.1) is 0 Å². The summed E-state index contributed by atoms with van der Waals surface area (Å²) in [4.78, 5) is 14.9. The van der Waals surface area contributed by atoms with Crippen LogP contribution in [0.25, 0.3) is 5.70 Å². The highest BCUT2D eigenvalue weighted by molar-refractivity contribution is 5.90. The molecule has 0 aromatic carbocycles. The Morgan fingerprint density at radius 3 is 2.79 bits per heavy atom. The zero-order valence-electron chi connectivity index (χ0n) is 7.93. The van der Waals surface area contributed by atoms with Crippen molar-refractivity contribution >= 4 is 11.7 Å². The van der Waals surface area contributed by atoms with E-state index in [1.165, 1.54) is 6.08 Å². The first kappa shape index (κ1) is 10.2. The van der Waals surface area contributed by atoms with Gasteiger partial charge in [0, 0.05) is 29.7 Å². The molecule has 1 heterocycles. The molecular formula is C10H12N2O2. The number of nitrogens with two attached hydrogens (primary N) is 1. The van der Waals surface area contributed by atoms with E-state index in [9.17, 15) is 4.79 Å². The second kappa shape index (κ2) is 5.01. The van der Waals surface area contributed by atoms with Crippen LogP contribution in [-0.2, 0) is 9.53 Å². The molecule has 0 aliphatic heterocycles. The minimum absolute atomic E-state index is 0.346. The van der Waals surface area contributed by atoms with E-state index in [0.717, 1.165) is 5.56 Å². The Bertz CT molecular complexity index is 333. The maximum absolute atomic E-state index is 11.0. The maximum atomic E-state index is 11.0. The van der Waals surface area contributed by atoms with Gasteiger partial charge in [0.25, 0.3) is 0 Å². The Kier molecular flexibility index (Phi) is 3.67. The molecule has 0 unspecified atom stereocenters. The quantitative estimate of drug-likeness (QED) is 0.572. The Hall–Kier alpha value is -1.84. The smallest absolute Gasteiger partial charge is 0.332 e. The predicted molar refractivity (Wildman–Crippen MR) is 53.0 cm³/mol. The first-order chi connectivity index (χ1) is 6.74. The van der Waals surface area contributed by atoms with Gasteiger partial charge >= 0.3 is 5.97 Å². The number of rotatable bonds is 3. The average molecular weight is 192 g/mol. The molecule has 2 N–H and O–H groups in total. The summed E-state index contributed by atoms with van der Waals surface area (Å²) in [6, 6.07) is 3.45. The van der Waals surface area contributed by atoms with Gasteiger partial charge in [-0.3, -0.25) is 4.98 Å². The molecule has 14 heavy (non-hydrogen) atoms. The zero-order valence-corrected chi connectivity index (χ0v) is 7.93. The van der Waals surface area contributed by atoms with Gasteiger partial charge in [-0.25, -0.2) is 4.79 Å². The summed E-state index contributed by atoms with van der Waals surface area (Å²) >= 11 is 0. The lowest BCUT2D eigenvalue weighted by Gasteiger charge is -2.00. The summed E-state index contributed by atoms with van der Waals surface area (Å²) in [5.74, 6) is -0.429. The van der Waals surface area contributed by atoms with Crippen molar-refractivity contribution in [3.63, 3.8) is 0 Å². The normalized spacial score (nSPS) is 11.1. The van der Waals surface area contributed by atoms with E-state index in [2.05, 4.69) is 4.98 Å². The molecule has 0 saturated heterocycles. The van der Waals surface area contributed by atoms with Crippen LogP contribution in [0.3, 0.4) is 0 Å². The summed E-state index contributed by atoms with van der Waals surface area (Å²) in [6.45, 7) is 2.09. The van der Waals surface area contributed by atoms with E-state index in [0.29, 0.717) is 12.3 Å². The minimum atomic E-state index is -0.429. The summed E-state index contributed by atoms with van der Waals surface area (Å²) < 4.78 is 4.72. The second-order valence-electron chi connectivity index (χ2n) is 2.59. The number of hydrogen-bond acceptors (Lipinski definition) is 4. The molecule has 1 rings (SSSR count). The van der Waals surface area contributed by atoms with Crippen molar-refractivity contribution in [1.82, 2.24) is 4.98 Å². The summed E-state index contributed by atoms with van der Waals surface area (Å²) in [5.41, 5.74) is 6.80. The van der Waals surface area contributed by atoms with E-state index in [1.807, 2.05) is 0 Å². The second-order valence-corrected chi connectivity index (χ2v) is 2.59. The number of ether oxygens (including phenoxy) is 1. The third kappa shape index (κ3) is 2.90. The third-order valence-corrected chi connectivity index (χ3v) is 1.57. The fourth-order valence-electron chi connectivity index (χ4n) is 0.939. The Balaban J connectivity index is 2.75. The molecule has 0 bridgehead atoms. The van der Waals surface area contributed by atoms with Crippen molar-refractivity contribution in [1.29, 1.82) is 0 Å². The van der Waals surface area contributed by atoms with Gasteiger partial charge in [0.05, 0.1) is 6.61 Å². The van der Waals surface area contributed by atoms with Gasteiger partial charge in [-0.05, 0) is 19.1 Å². The molecular weight excluding hydrogens is 180 g/mol. The van der Waals surface area contributed by atoms with Crippen LogP contribution in [-0.4, -0.2) is 17.6 Å². The molecule has 74 valence electrons. The first-order valence-electron chi connectivity index (χ1n) is 4.28. The average Bonchev–Trinajstić information content (AvgIpc) is 2.19. The van der Waals surface area contributed by atoms with Gasteiger partial charge in [0.15, 0.2) is 0 Å². The lowest BCUT2D eigenvalue weighted by molar-refractivity contribution is -0.137. The molecule has 4 nitrogen and oxygen atoms in total. The molecule has 0 radical (unpaired) electrons. The van der Waals surface area contributed by atoms with Crippen LogP contribution in [0.4, 0.5) is 0 Å². The van der Waals surface area contributed by atoms with Crippen LogP contribution in [0.2, 0.25) is 0 Å². The fraction of sp³-hybridized carbons (Fsp3) is 0.200. The molecule has 0 saturated carbocycles. The minimum Gasteiger partial charge on any atom is -0.463 e. The monoisotopic (exact) mass is 192 g/mol. The van der Waals surface area contributed by atoms with Gasteiger partial charge in [-0.15, -0.1) is 0 Å². The van der Waals surface area contributed by atoms with Gasteiger partial charge in [0.1, 0.15) is 0 Å². The van der Waals surface area contributed by atoms with E-state index < -0.39 is 5.97 Å². The molecule has 0 fully saturated rings. The topological polar surface area (TPSA) is 65.2 Å². The fourth-order valence-corrected chi connectivity index (χ4v) is 0.939. The van der Waals surface area contributed by atoms with Gasteiger partial charge in [0.2, 0.25) is 0 Å². The highest BCUT2D eigenvalue weighted by atomic mass is 16.5. The number of carbonyl (C=O) groups excluding carboxylic acids is 1. The summed E-state index contributed by atoms with van der Waals surface area (Å²) in [7, 11) is 0. The zero-order chi connectivity index (χ0) is 10.4. The van der Waals surface area contributed by atoms with Gasteiger partial charge < -0.3 is 10.5 Å². The lowest BCUT2D eigenvalue weighted by Crippen LogP contribution is -2.05. The largest absolute Gasteiger partial charge is 0.463 e. The molecule has 1 aromatic heterocycles. The standard InChI is InChI=1S/C10H12N2O2/c1-2-14-10(13)7-9(11)8-3-5-12-6-4-8/h3-7H,2,11H2,1H3. The van der Waals surface area contributed by atoms with Crippen molar-refractivity contribution < 1.29 is 9.53 Å². The number of carbonyl (C=O) groups is 1. The Labute approximate surface area is 82.4 Å². The van der Waals surface area contributed by atoms with Crippen molar-refractivity contribution in [2.45, 2.75) is 6.92 Å². The van der Waals surface area contributed by atoms with Crippen LogP contribution >= 0.6 is 0 Å². The van der Waals surface area contributed by atoms with E-state index in [-0.39, 0.29) is 0 Å². The number of hydrogen-bond donors (Lipinski definition) is 1. The highest BCUT2D eigenvalue weighted by Gasteiger charge is 2.00. The highest BCUT2D eigenvalue weighted by Crippen LogP contribution is 2.06. The van der Waals surface area contributed by atoms with Crippen molar-refractivity contribution in [2.24, 2.45) is 5.73 Å². The lowest BCUT2D eigenvalue weighted by atomic mass is 10.2. The number of nitrogens with zero attached hydrogens (tertiary/aromatic N) is 1. The summed E-state index contributed by atoms with van der Waals surface area (Å²) in [6.07, 6.45) is 4.49. The van der Waals surface area contributed by atoms with Crippen molar-refractivity contribution in [2.75, 3.05) is 6.61 Å². The SMILES string of the molecule is CCOC(=O)C=C(N)c1ccncc1. The van der Waals surface area contributed by atoms with Crippen molar-refractivity contribution in [3.05, 3.63) is 36.2 Å². The molecule has 4 heteroatoms. The molecule has 0 spiro atoms. The van der Waals surface area contributed by atoms with Gasteiger partial charge in [-0.1, -0.05) is 0 Å². The van der Waals surface area contributed by atoms with E-state index >= 15 is 0 Å². The molecule has 0 atom stereocenters. The molecule has 0 amide bonds. The molecule has 0 aliphatic rings. The first-order valence-corrected chi connectivity index (χ1v) is 4.28. The summed E-state index contributed by atoms with van der Waals surface area (Å²) in [5, 5.41) is 0. The van der Waals surface area contributed by atoms with Gasteiger partial charge in [-0.2, -0.15) is 0 Å². The van der Waals surface area contributed by atoms with Crippen LogP contribution in [0.15, 0.2) is 30.6 Å². The van der Waals surface area contributed by atoms with Crippen LogP contribution < -0.4 is 5.73 Å². The van der Waals surface area contributed by atoms with Crippen LogP contribution in [0.5, 0.6) is 0 Å². The maximum Gasteiger partial charge on any atom is 0.332 e.